The third kappa shape index (κ3) is 3.43. The maximum absolute atomic E-state index is 6.35. The molecule has 1 heterocycles. The van der Waals surface area contributed by atoms with Gasteiger partial charge in [0, 0.05) is 38.3 Å². The van der Waals surface area contributed by atoms with Crippen LogP contribution >= 0.6 is 0 Å². The fourth-order valence-electron chi connectivity index (χ4n) is 3.50. The lowest BCUT2D eigenvalue weighted by Crippen LogP contribution is -2.56. The van der Waals surface area contributed by atoms with Crippen molar-refractivity contribution in [2.24, 2.45) is 11.7 Å². The van der Waals surface area contributed by atoms with Gasteiger partial charge < -0.3 is 10.6 Å². The first kappa shape index (κ1) is 13.3. The van der Waals surface area contributed by atoms with Crippen LogP contribution in [0.2, 0.25) is 0 Å². The molecule has 2 rings (SSSR count). The second-order valence-corrected chi connectivity index (χ2v) is 6.04. The summed E-state index contributed by atoms with van der Waals surface area (Å²) in [5.41, 5.74) is 6.35. The van der Waals surface area contributed by atoms with Crippen molar-refractivity contribution in [3.63, 3.8) is 0 Å². The summed E-state index contributed by atoms with van der Waals surface area (Å²) >= 11 is 0. The maximum Gasteiger partial charge on any atom is 0.0250 e. The van der Waals surface area contributed by atoms with Crippen LogP contribution in [0.25, 0.3) is 0 Å². The number of hydrogen-bond acceptors (Lipinski definition) is 3. The first-order valence-corrected chi connectivity index (χ1v) is 7.39. The molecule has 0 aromatic carbocycles. The summed E-state index contributed by atoms with van der Waals surface area (Å²) in [4.78, 5) is 5.08. The Bertz CT molecular complexity index is 224. The molecular weight excluding hydrogens is 210 g/mol. The van der Waals surface area contributed by atoms with Crippen molar-refractivity contribution < 1.29 is 0 Å². The van der Waals surface area contributed by atoms with Crippen LogP contribution in [-0.4, -0.2) is 55.1 Å². The lowest BCUT2D eigenvalue weighted by molar-refractivity contribution is 0.0637. The molecule has 2 fully saturated rings. The van der Waals surface area contributed by atoms with Crippen molar-refractivity contribution in [3.8, 4) is 0 Å². The SMILES string of the molecule is CCCC1CCC(N)C(N2CCN(C)CC2)C1. The molecule has 0 radical (unpaired) electrons. The van der Waals surface area contributed by atoms with Crippen LogP contribution in [0.4, 0.5) is 0 Å². The number of rotatable bonds is 3. The molecule has 0 bridgehead atoms. The van der Waals surface area contributed by atoms with Crippen LogP contribution in [0, 0.1) is 5.92 Å². The second kappa shape index (κ2) is 6.17. The first-order chi connectivity index (χ1) is 8.20. The molecular formula is C14H29N3. The number of likely N-dealkylation sites (N-methyl/N-ethyl adjacent to an activating group) is 1. The van der Waals surface area contributed by atoms with Crippen LogP contribution in [0.1, 0.15) is 39.0 Å². The molecule has 3 atom stereocenters. The summed E-state index contributed by atoms with van der Waals surface area (Å²) in [7, 11) is 2.22. The van der Waals surface area contributed by atoms with Gasteiger partial charge in [0.25, 0.3) is 0 Å². The Labute approximate surface area is 106 Å². The minimum atomic E-state index is 0.423. The van der Waals surface area contributed by atoms with Gasteiger partial charge in [0.2, 0.25) is 0 Å². The average molecular weight is 239 g/mol. The normalized spacial score (nSPS) is 37.2. The van der Waals surface area contributed by atoms with Gasteiger partial charge in [-0.15, -0.1) is 0 Å². The number of nitrogens with zero attached hydrogens (tertiary/aromatic N) is 2. The minimum absolute atomic E-state index is 0.423. The summed E-state index contributed by atoms with van der Waals surface area (Å²) in [5.74, 6) is 0.935. The van der Waals surface area contributed by atoms with E-state index < -0.39 is 0 Å². The standard InChI is InChI=1S/C14H29N3/c1-3-4-12-5-6-13(15)14(11-12)17-9-7-16(2)8-10-17/h12-14H,3-11,15H2,1-2H3. The van der Waals surface area contributed by atoms with Crippen molar-refractivity contribution in [2.45, 2.75) is 51.1 Å². The largest absolute Gasteiger partial charge is 0.326 e. The van der Waals surface area contributed by atoms with Gasteiger partial charge in [-0.3, -0.25) is 4.90 Å². The van der Waals surface area contributed by atoms with Crippen LogP contribution in [0.3, 0.4) is 0 Å². The van der Waals surface area contributed by atoms with Crippen LogP contribution in [-0.2, 0) is 0 Å². The smallest absolute Gasteiger partial charge is 0.0250 e. The zero-order valence-electron chi connectivity index (χ0n) is 11.6. The lowest BCUT2D eigenvalue weighted by atomic mass is 9.79. The van der Waals surface area contributed by atoms with Crippen molar-refractivity contribution in [1.82, 2.24) is 9.80 Å². The van der Waals surface area contributed by atoms with E-state index in [2.05, 4.69) is 23.8 Å². The number of hydrogen-bond donors (Lipinski definition) is 1. The van der Waals surface area contributed by atoms with Gasteiger partial charge in [0.05, 0.1) is 0 Å². The third-order valence-corrected chi connectivity index (χ3v) is 4.68. The fraction of sp³-hybridized carbons (Fsp3) is 1.00. The van der Waals surface area contributed by atoms with E-state index in [1.54, 1.807) is 0 Å². The zero-order chi connectivity index (χ0) is 12.3. The topological polar surface area (TPSA) is 32.5 Å². The van der Waals surface area contributed by atoms with Crippen LogP contribution in [0.5, 0.6) is 0 Å². The summed E-state index contributed by atoms with van der Waals surface area (Å²) < 4.78 is 0. The Morgan fingerprint density at radius 2 is 1.82 bits per heavy atom. The molecule has 1 saturated heterocycles. The quantitative estimate of drug-likeness (QED) is 0.811. The van der Waals surface area contributed by atoms with Gasteiger partial charge in [0.15, 0.2) is 0 Å². The van der Waals surface area contributed by atoms with E-state index in [1.165, 1.54) is 58.3 Å². The molecule has 0 aromatic heterocycles. The zero-order valence-corrected chi connectivity index (χ0v) is 11.6. The second-order valence-electron chi connectivity index (χ2n) is 6.04. The summed E-state index contributed by atoms with van der Waals surface area (Å²) in [5, 5.41) is 0. The maximum atomic E-state index is 6.35. The Morgan fingerprint density at radius 3 is 2.47 bits per heavy atom. The molecule has 100 valence electrons. The molecule has 2 aliphatic rings. The average Bonchev–Trinajstić information content (AvgIpc) is 2.33. The number of piperazine rings is 1. The van der Waals surface area contributed by atoms with E-state index in [-0.39, 0.29) is 0 Å². The predicted molar refractivity (Wildman–Crippen MR) is 73.1 cm³/mol. The van der Waals surface area contributed by atoms with E-state index in [4.69, 9.17) is 5.73 Å². The highest BCUT2D eigenvalue weighted by molar-refractivity contribution is 4.90. The minimum Gasteiger partial charge on any atom is -0.326 e. The fourth-order valence-corrected chi connectivity index (χ4v) is 3.50. The Hall–Kier alpha value is -0.120. The monoisotopic (exact) mass is 239 g/mol. The third-order valence-electron chi connectivity index (χ3n) is 4.68. The predicted octanol–water partition coefficient (Wildman–Crippen LogP) is 1.53. The molecule has 3 heteroatoms. The van der Waals surface area contributed by atoms with Gasteiger partial charge >= 0.3 is 0 Å². The summed E-state index contributed by atoms with van der Waals surface area (Å²) in [6, 6.07) is 1.08. The molecule has 3 nitrogen and oxygen atoms in total. The van der Waals surface area contributed by atoms with E-state index in [0.29, 0.717) is 12.1 Å². The lowest BCUT2D eigenvalue weighted by Gasteiger charge is -2.44. The van der Waals surface area contributed by atoms with E-state index in [1.807, 2.05) is 0 Å². The van der Waals surface area contributed by atoms with Gasteiger partial charge in [-0.2, -0.15) is 0 Å². The summed E-state index contributed by atoms with van der Waals surface area (Å²) in [6.45, 7) is 7.16. The van der Waals surface area contributed by atoms with Gasteiger partial charge in [0.1, 0.15) is 0 Å². The summed E-state index contributed by atoms with van der Waals surface area (Å²) in [6.07, 6.45) is 6.67. The highest BCUT2D eigenvalue weighted by Crippen LogP contribution is 2.30. The molecule has 0 spiro atoms. The molecule has 1 aliphatic heterocycles. The van der Waals surface area contributed by atoms with Crippen molar-refractivity contribution in [3.05, 3.63) is 0 Å². The Balaban J connectivity index is 1.88. The Morgan fingerprint density at radius 1 is 1.12 bits per heavy atom. The Kier molecular flexibility index (Phi) is 4.83. The van der Waals surface area contributed by atoms with Crippen LogP contribution < -0.4 is 5.73 Å². The molecule has 1 saturated carbocycles. The highest BCUT2D eigenvalue weighted by atomic mass is 15.3. The van der Waals surface area contributed by atoms with E-state index in [0.717, 1.165) is 5.92 Å². The molecule has 0 amide bonds. The van der Waals surface area contributed by atoms with Crippen LogP contribution in [0.15, 0.2) is 0 Å². The van der Waals surface area contributed by atoms with E-state index >= 15 is 0 Å². The van der Waals surface area contributed by atoms with Gasteiger partial charge in [-0.05, 0) is 32.2 Å². The molecule has 1 aliphatic carbocycles. The van der Waals surface area contributed by atoms with E-state index in [9.17, 15) is 0 Å². The first-order valence-electron chi connectivity index (χ1n) is 7.39. The molecule has 2 N–H and O–H groups in total. The van der Waals surface area contributed by atoms with Crippen molar-refractivity contribution >= 4 is 0 Å². The number of nitrogens with two attached hydrogens (primary N) is 1. The van der Waals surface area contributed by atoms with Crippen molar-refractivity contribution in [2.75, 3.05) is 33.2 Å². The van der Waals surface area contributed by atoms with Gasteiger partial charge in [-0.25, -0.2) is 0 Å². The molecule has 0 aromatic rings. The molecule has 17 heavy (non-hydrogen) atoms. The molecule has 3 unspecified atom stereocenters. The van der Waals surface area contributed by atoms with Crippen molar-refractivity contribution in [1.29, 1.82) is 0 Å². The highest BCUT2D eigenvalue weighted by Gasteiger charge is 2.32. The van der Waals surface area contributed by atoms with Gasteiger partial charge in [-0.1, -0.05) is 19.8 Å².